The molecule has 0 aromatic carbocycles. The molecule has 1 aliphatic rings. The normalized spacial score (nSPS) is 20.2. The van der Waals surface area contributed by atoms with Crippen LogP contribution >= 0.6 is 15.9 Å². The third-order valence-corrected chi connectivity index (χ3v) is 3.09. The van der Waals surface area contributed by atoms with E-state index in [-0.39, 0.29) is 0 Å². The van der Waals surface area contributed by atoms with Crippen LogP contribution in [0, 0.1) is 0 Å². The van der Waals surface area contributed by atoms with Crippen LogP contribution in [0.25, 0.3) is 0 Å². The Hall–Kier alpha value is -0.750. The molecule has 1 aromatic heterocycles. The molecule has 1 atom stereocenters. The summed E-state index contributed by atoms with van der Waals surface area (Å²) in [5.74, 6) is 1.25. The van der Waals surface area contributed by atoms with Gasteiger partial charge < -0.3 is 5.32 Å². The van der Waals surface area contributed by atoms with E-state index in [4.69, 9.17) is 0 Å². The summed E-state index contributed by atoms with van der Waals surface area (Å²) < 4.78 is 16.2. The van der Waals surface area contributed by atoms with Gasteiger partial charge in [0.05, 0.1) is 0 Å². The summed E-state index contributed by atoms with van der Waals surface area (Å²) in [6.07, 6.45) is 1.65. The van der Waals surface area contributed by atoms with Crippen molar-refractivity contribution in [2.75, 3.05) is 5.32 Å². The van der Waals surface area contributed by atoms with Gasteiger partial charge in [0.25, 0.3) is 0 Å². The lowest BCUT2D eigenvalue weighted by Crippen LogP contribution is -2.16. The molecule has 1 aromatic rings. The lowest BCUT2D eigenvalue weighted by atomic mass is 10.4. The Kier molecular flexibility index (Phi) is 2.17. The summed E-state index contributed by atoms with van der Waals surface area (Å²) in [4.78, 5) is 4.70. The quantitative estimate of drug-likeness (QED) is 0.772. The lowest BCUT2D eigenvalue weighted by molar-refractivity contribution is 0.684. The van der Waals surface area contributed by atoms with Gasteiger partial charge in [-0.15, -0.1) is 0 Å². The second kappa shape index (κ2) is 3.19. The second-order valence-corrected chi connectivity index (χ2v) is 4.59. The SMILES string of the molecule is CC1=NS(=O)c2cc(Br)cnc2N1. The summed E-state index contributed by atoms with van der Waals surface area (Å²) >= 11 is 3.26. The third kappa shape index (κ3) is 1.64. The van der Waals surface area contributed by atoms with Gasteiger partial charge in [0.2, 0.25) is 0 Å². The first-order valence-electron chi connectivity index (χ1n) is 3.56. The van der Waals surface area contributed by atoms with Gasteiger partial charge in [-0.2, -0.15) is 4.40 Å². The number of pyridine rings is 1. The second-order valence-electron chi connectivity index (χ2n) is 2.55. The van der Waals surface area contributed by atoms with Crippen molar-refractivity contribution in [2.45, 2.75) is 11.8 Å². The van der Waals surface area contributed by atoms with Crippen LogP contribution in [0.1, 0.15) is 6.92 Å². The molecule has 1 aliphatic heterocycles. The monoisotopic (exact) mass is 259 g/mol. The first-order chi connectivity index (χ1) is 6.16. The van der Waals surface area contributed by atoms with E-state index >= 15 is 0 Å². The van der Waals surface area contributed by atoms with Crippen molar-refractivity contribution in [3.05, 3.63) is 16.7 Å². The van der Waals surface area contributed by atoms with Crippen molar-refractivity contribution in [1.82, 2.24) is 4.98 Å². The molecule has 0 saturated carbocycles. The molecule has 6 heteroatoms. The fraction of sp³-hybridized carbons (Fsp3) is 0.143. The van der Waals surface area contributed by atoms with Crippen LogP contribution in [-0.2, 0) is 11.0 Å². The van der Waals surface area contributed by atoms with Gasteiger partial charge in [-0.3, -0.25) is 0 Å². The van der Waals surface area contributed by atoms with Crippen LogP contribution in [0.5, 0.6) is 0 Å². The molecule has 4 nitrogen and oxygen atoms in total. The molecule has 1 N–H and O–H groups in total. The maximum absolute atomic E-state index is 11.5. The number of anilines is 1. The Morgan fingerprint density at radius 3 is 3.15 bits per heavy atom. The molecular weight excluding hydrogens is 254 g/mol. The smallest absolute Gasteiger partial charge is 0.178 e. The third-order valence-electron chi connectivity index (χ3n) is 1.53. The predicted molar refractivity (Wildman–Crippen MR) is 55.1 cm³/mol. The van der Waals surface area contributed by atoms with E-state index in [2.05, 4.69) is 30.6 Å². The molecule has 0 fully saturated rings. The highest BCUT2D eigenvalue weighted by molar-refractivity contribution is 9.10. The molecule has 13 heavy (non-hydrogen) atoms. The minimum atomic E-state index is -1.32. The molecule has 2 rings (SSSR count). The van der Waals surface area contributed by atoms with E-state index in [9.17, 15) is 4.21 Å². The molecule has 68 valence electrons. The van der Waals surface area contributed by atoms with E-state index in [1.54, 1.807) is 19.2 Å². The Morgan fingerprint density at radius 1 is 1.62 bits per heavy atom. The number of hydrogen-bond donors (Lipinski definition) is 1. The molecule has 0 saturated heterocycles. The van der Waals surface area contributed by atoms with Crippen molar-refractivity contribution in [2.24, 2.45) is 4.40 Å². The van der Waals surface area contributed by atoms with Gasteiger partial charge in [0.15, 0.2) is 11.0 Å². The zero-order chi connectivity index (χ0) is 9.42. The summed E-state index contributed by atoms with van der Waals surface area (Å²) in [6, 6.07) is 1.75. The molecule has 0 spiro atoms. The van der Waals surface area contributed by atoms with Gasteiger partial charge in [0.1, 0.15) is 16.5 Å². The van der Waals surface area contributed by atoms with Crippen LogP contribution in [-0.4, -0.2) is 15.0 Å². The lowest BCUT2D eigenvalue weighted by Gasteiger charge is -2.13. The highest BCUT2D eigenvalue weighted by Crippen LogP contribution is 2.24. The molecule has 0 radical (unpaired) electrons. The molecule has 0 amide bonds. The molecule has 0 bridgehead atoms. The van der Waals surface area contributed by atoms with Crippen molar-refractivity contribution in [3.63, 3.8) is 0 Å². The zero-order valence-corrected chi connectivity index (χ0v) is 9.15. The molecule has 1 unspecified atom stereocenters. The Balaban J connectivity index is 2.57. The Bertz CT molecular complexity index is 418. The molecular formula is C7H6BrN3OS. The summed E-state index contributed by atoms with van der Waals surface area (Å²) in [7, 11) is -1.32. The maximum atomic E-state index is 11.5. The number of nitrogens with zero attached hydrogens (tertiary/aromatic N) is 2. The van der Waals surface area contributed by atoms with Crippen molar-refractivity contribution in [1.29, 1.82) is 0 Å². The first kappa shape index (κ1) is 8.83. The first-order valence-corrected chi connectivity index (χ1v) is 5.46. The fourth-order valence-electron chi connectivity index (χ4n) is 1.02. The van der Waals surface area contributed by atoms with Crippen LogP contribution in [0.15, 0.2) is 26.0 Å². The Labute approximate surface area is 86.2 Å². The number of amidine groups is 1. The largest absolute Gasteiger partial charge is 0.327 e. The summed E-state index contributed by atoms with van der Waals surface area (Å²) in [5.41, 5.74) is 0. The van der Waals surface area contributed by atoms with Crippen LogP contribution in [0.3, 0.4) is 0 Å². The number of halogens is 1. The van der Waals surface area contributed by atoms with E-state index in [0.29, 0.717) is 16.5 Å². The molecule has 2 heterocycles. The van der Waals surface area contributed by atoms with Gasteiger partial charge >= 0.3 is 0 Å². The summed E-state index contributed by atoms with van der Waals surface area (Å²) in [6.45, 7) is 1.75. The number of rotatable bonds is 0. The van der Waals surface area contributed by atoms with Crippen LogP contribution in [0.2, 0.25) is 0 Å². The van der Waals surface area contributed by atoms with Crippen LogP contribution < -0.4 is 5.32 Å². The maximum Gasteiger partial charge on any atom is 0.178 e. The average Bonchev–Trinajstić information content (AvgIpc) is 2.06. The van der Waals surface area contributed by atoms with Crippen LogP contribution in [0.4, 0.5) is 5.82 Å². The zero-order valence-electron chi connectivity index (χ0n) is 6.74. The van der Waals surface area contributed by atoms with Crippen molar-refractivity contribution >= 4 is 38.6 Å². The standard InChI is InChI=1S/C7H6BrN3OS/c1-4-10-7-6(13(12)11-4)2-5(8)3-9-7/h2-3H,1H3,(H,9,10,11). The number of aromatic nitrogens is 1. The average molecular weight is 260 g/mol. The number of hydrogen-bond acceptors (Lipinski definition) is 3. The highest BCUT2D eigenvalue weighted by atomic mass is 79.9. The minimum Gasteiger partial charge on any atom is -0.327 e. The van der Waals surface area contributed by atoms with Crippen molar-refractivity contribution in [3.8, 4) is 0 Å². The van der Waals surface area contributed by atoms with Gasteiger partial charge in [-0.05, 0) is 28.9 Å². The van der Waals surface area contributed by atoms with Crippen molar-refractivity contribution < 1.29 is 4.21 Å². The minimum absolute atomic E-state index is 0.611. The highest BCUT2D eigenvalue weighted by Gasteiger charge is 2.16. The van der Waals surface area contributed by atoms with E-state index in [1.165, 1.54) is 0 Å². The Morgan fingerprint density at radius 2 is 2.38 bits per heavy atom. The molecule has 0 aliphatic carbocycles. The number of nitrogens with one attached hydrogen (secondary N) is 1. The summed E-state index contributed by atoms with van der Waals surface area (Å²) in [5, 5.41) is 2.94. The predicted octanol–water partition coefficient (Wildman–Crippen LogP) is 1.71. The van der Waals surface area contributed by atoms with Gasteiger partial charge in [-0.25, -0.2) is 9.19 Å². The van der Waals surface area contributed by atoms with E-state index in [0.717, 1.165) is 4.47 Å². The van der Waals surface area contributed by atoms with Gasteiger partial charge in [-0.1, -0.05) is 0 Å². The van der Waals surface area contributed by atoms with Gasteiger partial charge in [0, 0.05) is 10.7 Å². The van der Waals surface area contributed by atoms with E-state index < -0.39 is 11.0 Å². The number of fused-ring (bicyclic) bond motifs is 1. The topological polar surface area (TPSA) is 54.4 Å². The fourth-order valence-corrected chi connectivity index (χ4v) is 2.39. The van der Waals surface area contributed by atoms with E-state index in [1.807, 2.05) is 0 Å².